The van der Waals surface area contributed by atoms with Gasteiger partial charge < -0.3 is 20.1 Å². The Morgan fingerprint density at radius 1 is 1.00 bits per heavy atom. The van der Waals surface area contributed by atoms with Gasteiger partial charge in [0.25, 0.3) is 5.91 Å². The third kappa shape index (κ3) is 5.48. The Hall–Kier alpha value is -3.54. The van der Waals surface area contributed by atoms with Gasteiger partial charge >= 0.3 is 0 Å². The summed E-state index contributed by atoms with van der Waals surface area (Å²) in [6, 6.07) is 18.3. The Morgan fingerprint density at radius 3 is 2.41 bits per heavy atom. The Morgan fingerprint density at radius 2 is 1.69 bits per heavy atom. The number of carbonyl (C=O) groups is 1. The highest BCUT2D eigenvalue weighted by Gasteiger charge is 2.12. The van der Waals surface area contributed by atoms with Crippen molar-refractivity contribution in [1.29, 1.82) is 0 Å². The van der Waals surface area contributed by atoms with Gasteiger partial charge in [-0.3, -0.25) is 4.79 Å². The van der Waals surface area contributed by atoms with Crippen molar-refractivity contribution < 1.29 is 14.3 Å². The SMILES string of the molecule is CCOc1ccccc1Nc1cc(C(=O)Nc2ccccc2OC(C)C)ccn1. The first-order valence-corrected chi connectivity index (χ1v) is 9.58. The van der Waals surface area contributed by atoms with Gasteiger partial charge in [-0.2, -0.15) is 0 Å². The molecule has 0 unspecified atom stereocenters. The smallest absolute Gasteiger partial charge is 0.255 e. The van der Waals surface area contributed by atoms with Gasteiger partial charge in [0, 0.05) is 11.8 Å². The van der Waals surface area contributed by atoms with Crippen LogP contribution in [0.4, 0.5) is 17.2 Å². The maximum atomic E-state index is 12.8. The molecule has 0 aliphatic heterocycles. The summed E-state index contributed by atoms with van der Waals surface area (Å²) in [4.78, 5) is 17.1. The molecular formula is C23H25N3O3. The van der Waals surface area contributed by atoms with Crippen LogP contribution in [-0.4, -0.2) is 23.6 Å². The van der Waals surface area contributed by atoms with E-state index in [4.69, 9.17) is 9.47 Å². The molecule has 0 radical (unpaired) electrons. The first-order valence-electron chi connectivity index (χ1n) is 9.58. The number of para-hydroxylation sites is 4. The lowest BCUT2D eigenvalue weighted by atomic mass is 10.2. The van der Waals surface area contributed by atoms with Gasteiger partial charge in [-0.05, 0) is 57.2 Å². The second-order valence-electron chi connectivity index (χ2n) is 6.60. The van der Waals surface area contributed by atoms with Crippen LogP contribution in [0.3, 0.4) is 0 Å². The molecule has 3 rings (SSSR count). The minimum atomic E-state index is -0.242. The Balaban J connectivity index is 1.77. The van der Waals surface area contributed by atoms with Gasteiger partial charge in [-0.1, -0.05) is 24.3 Å². The summed E-state index contributed by atoms with van der Waals surface area (Å²) in [6.45, 7) is 6.38. The normalized spacial score (nSPS) is 10.5. The number of carbonyl (C=O) groups excluding carboxylic acids is 1. The lowest BCUT2D eigenvalue weighted by Gasteiger charge is -2.15. The van der Waals surface area contributed by atoms with Crippen LogP contribution in [0.1, 0.15) is 31.1 Å². The van der Waals surface area contributed by atoms with Crippen molar-refractivity contribution in [1.82, 2.24) is 4.98 Å². The first-order chi connectivity index (χ1) is 14.1. The number of anilines is 3. The molecule has 0 saturated carbocycles. The van der Waals surface area contributed by atoms with E-state index < -0.39 is 0 Å². The molecule has 29 heavy (non-hydrogen) atoms. The maximum absolute atomic E-state index is 12.8. The minimum absolute atomic E-state index is 0.00943. The third-order valence-corrected chi connectivity index (χ3v) is 3.97. The van der Waals surface area contributed by atoms with Crippen molar-refractivity contribution in [3.05, 3.63) is 72.4 Å². The van der Waals surface area contributed by atoms with Gasteiger partial charge in [0.15, 0.2) is 0 Å². The van der Waals surface area contributed by atoms with E-state index in [1.54, 1.807) is 18.3 Å². The summed E-state index contributed by atoms with van der Waals surface area (Å²) in [5.41, 5.74) is 1.89. The van der Waals surface area contributed by atoms with Crippen molar-refractivity contribution in [3.63, 3.8) is 0 Å². The van der Waals surface area contributed by atoms with Crippen LogP contribution in [0.25, 0.3) is 0 Å². The number of pyridine rings is 1. The van der Waals surface area contributed by atoms with E-state index in [1.807, 2.05) is 69.3 Å². The topological polar surface area (TPSA) is 72.5 Å². The van der Waals surface area contributed by atoms with E-state index >= 15 is 0 Å². The summed E-state index contributed by atoms with van der Waals surface area (Å²) in [7, 11) is 0. The Bertz CT molecular complexity index is 973. The monoisotopic (exact) mass is 391 g/mol. The number of ether oxygens (including phenoxy) is 2. The molecule has 0 spiro atoms. The molecule has 2 N–H and O–H groups in total. The highest BCUT2D eigenvalue weighted by atomic mass is 16.5. The van der Waals surface area contributed by atoms with Crippen molar-refractivity contribution in [2.75, 3.05) is 17.2 Å². The van der Waals surface area contributed by atoms with E-state index in [9.17, 15) is 4.79 Å². The second kappa shape index (κ2) is 9.59. The quantitative estimate of drug-likeness (QED) is 0.548. The van der Waals surface area contributed by atoms with Gasteiger partial charge in [-0.25, -0.2) is 4.98 Å². The molecule has 0 fully saturated rings. The first kappa shape index (κ1) is 20.2. The Labute approximate surface area is 170 Å². The van der Waals surface area contributed by atoms with Crippen LogP contribution >= 0.6 is 0 Å². The fourth-order valence-electron chi connectivity index (χ4n) is 2.75. The molecular weight excluding hydrogens is 366 g/mol. The van der Waals surface area contributed by atoms with Gasteiger partial charge in [0.2, 0.25) is 0 Å². The van der Waals surface area contributed by atoms with Gasteiger partial charge in [-0.15, -0.1) is 0 Å². The van der Waals surface area contributed by atoms with Gasteiger partial charge in [0.1, 0.15) is 17.3 Å². The van der Waals surface area contributed by atoms with Crippen LogP contribution in [0.2, 0.25) is 0 Å². The molecule has 0 atom stereocenters. The van der Waals surface area contributed by atoms with Crippen molar-refractivity contribution in [3.8, 4) is 11.5 Å². The molecule has 0 aliphatic carbocycles. The number of hydrogen-bond donors (Lipinski definition) is 2. The van der Waals surface area contributed by atoms with E-state index in [0.717, 1.165) is 11.4 Å². The average molecular weight is 391 g/mol. The largest absolute Gasteiger partial charge is 0.492 e. The van der Waals surface area contributed by atoms with Crippen LogP contribution in [-0.2, 0) is 0 Å². The molecule has 2 aromatic carbocycles. The summed E-state index contributed by atoms with van der Waals surface area (Å²) in [5, 5.41) is 6.12. The summed E-state index contributed by atoms with van der Waals surface area (Å²) in [5.74, 6) is 1.67. The van der Waals surface area contributed by atoms with E-state index in [1.165, 1.54) is 0 Å². The fraction of sp³-hybridized carbons (Fsp3) is 0.217. The highest BCUT2D eigenvalue weighted by molar-refractivity contribution is 6.05. The van der Waals surface area contributed by atoms with Crippen LogP contribution in [0.15, 0.2) is 66.9 Å². The van der Waals surface area contributed by atoms with E-state index in [0.29, 0.717) is 29.4 Å². The van der Waals surface area contributed by atoms with Crippen molar-refractivity contribution in [2.24, 2.45) is 0 Å². The lowest BCUT2D eigenvalue weighted by molar-refractivity contribution is 0.102. The molecule has 1 aromatic heterocycles. The zero-order chi connectivity index (χ0) is 20.6. The van der Waals surface area contributed by atoms with Gasteiger partial charge in [0.05, 0.1) is 24.1 Å². The molecule has 6 nitrogen and oxygen atoms in total. The van der Waals surface area contributed by atoms with Crippen LogP contribution < -0.4 is 20.1 Å². The standard InChI is InChI=1S/C23H25N3O3/c1-4-28-20-11-7-5-9-18(20)25-22-15-17(13-14-24-22)23(27)26-19-10-6-8-12-21(19)29-16(2)3/h5-16H,4H2,1-3H3,(H,24,25)(H,26,27). The third-order valence-electron chi connectivity index (χ3n) is 3.97. The zero-order valence-electron chi connectivity index (χ0n) is 16.8. The molecule has 0 saturated heterocycles. The summed E-state index contributed by atoms with van der Waals surface area (Å²) < 4.78 is 11.4. The number of nitrogens with one attached hydrogen (secondary N) is 2. The Kier molecular flexibility index (Phi) is 6.68. The summed E-state index contributed by atoms with van der Waals surface area (Å²) >= 11 is 0. The zero-order valence-corrected chi connectivity index (χ0v) is 16.8. The molecule has 1 heterocycles. The predicted molar refractivity (Wildman–Crippen MR) is 115 cm³/mol. The molecule has 6 heteroatoms. The molecule has 3 aromatic rings. The van der Waals surface area contributed by atoms with Crippen LogP contribution in [0.5, 0.6) is 11.5 Å². The molecule has 150 valence electrons. The number of nitrogens with zero attached hydrogens (tertiary/aromatic N) is 1. The number of amides is 1. The fourth-order valence-corrected chi connectivity index (χ4v) is 2.75. The van der Waals surface area contributed by atoms with Crippen LogP contribution in [0, 0.1) is 0 Å². The molecule has 1 amide bonds. The highest BCUT2D eigenvalue weighted by Crippen LogP contribution is 2.28. The summed E-state index contributed by atoms with van der Waals surface area (Å²) in [6.07, 6.45) is 1.60. The predicted octanol–water partition coefficient (Wildman–Crippen LogP) is 5.26. The molecule has 0 bridgehead atoms. The second-order valence-corrected chi connectivity index (χ2v) is 6.60. The molecule has 0 aliphatic rings. The number of benzene rings is 2. The lowest BCUT2D eigenvalue weighted by Crippen LogP contribution is -2.15. The maximum Gasteiger partial charge on any atom is 0.255 e. The van der Waals surface area contributed by atoms with Crippen molar-refractivity contribution in [2.45, 2.75) is 26.9 Å². The van der Waals surface area contributed by atoms with Crippen molar-refractivity contribution >= 4 is 23.1 Å². The minimum Gasteiger partial charge on any atom is -0.492 e. The van der Waals surface area contributed by atoms with E-state index in [2.05, 4.69) is 15.6 Å². The number of rotatable bonds is 8. The number of hydrogen-bond acceptors (Lipinski definition) is 5. The average Bonchev–Trinajstić information content (AvgIpc) is 2.71. The number of aromatic nitrogens is 1. The van der Waals surface area contributed by atoms with E-state index in [-0.39, 0.29) is 12.0 Å².